The Kier molecular flexibility index (Phi) is 4.69. The van der Waals surface area contributed by atoms with E-state index in [0.29, 0.717) is 6.54 Å². The van der Waals surface area contributed by atoms with E-state index in [1.807, 2.05) is 36.5 Å². The first-order chi connectivity index (χ1) is 12.8. The fourth-order valence-electron chi connectivity index (χ4n) is 3.51. The third-order valence-corrected chi connectivity index (χ3v) is 4.84. The van der Waals surface area contributed by atoms with Crippen LogP contribution in [0.2, 0.25) is 0 Å². The second-order valence-corrected chi connectivity index (χ2v) is 6.57. The lowest BCUT2D eigenvalue weighted by molar-refractivity contribution is 0.236. The van der Waals surface area contributed by atoms with Crippen molar-refractivity contribution >= 4 is 6.03 Å². The van der Waals surface area contributed by atoms with E-state index in [0.717, 1.165) is 25.2 Å². The zero-order chi connectivity index (χ0) is 17.8. The number of imidazole rings is 1. The van der Waals surface area contributed by atoms with E-state index in [2.05, 4.69) is 44.5 Å². The predicted molar refractivity (Wildman–Crippen MR) is 101 cm³/mol. The van der Waals surface area contributed by atoms with Gasteiger partial charge in [0.05, 0.1) is 12.6 Å². The Bertz CT molecular complexity index is 888. The molecule has 0 fully saturated rings. The maximum absolute atomic E-state index is 12.3. The van der Waals surface area contributed by atoms with E-state index in [1.54, 1.807) is 6.20 Å². The minimum atomic E-state index is -0.152. The van der Waals surface area contributed by atoms with Crippen molar-refractivity contribution in [2.24, 2.45) is 0 Å². The SMILES string of the molecule is O=C(NCc1nccn1Cc1ccccc1)N[C@@H]1CCc2ccccc21. The smallest absolute Gasteiger partial charge is 0.315 e. The van der Waals surface area contributed by atoms with Crippen molar-refractivity contribution in [2.45, 2.75) is 32.0 Å². The standard InChI is InChI=1S/C21H22N4O/c26-21(24-19-11-10-17-8-4-5-9-18(17)19)23-14-20-22-12-13-25(20)15-16-6-2-1-3-7-16/h1-9,12-13,19H,10-11,14-15H2,(H2,23,24,26)/t19-/m1/s1. The van der Waals surface area contributed by atoms with Crippen LogP contribution in [0, 0.1) is 0 Å². The van der Waals surface area contributed by atoms with Crippen molar-refractivity contribution in [3.8, 4) is 0 Å². The average molecular weight is 346 g/mol. The van der Waals surface area contributed by atoms with E-state index < -0.39 is 0 Å². The first-order valence-corrected chi connectivity index (χ1v) is 8.96. The summed E-state index contributed by atoms with van der Waals surface area (Å²) in [7, 11) is 0. The van der Waals surface area contributed by atoms with Crippen molar-refractivity contribution in [3.05, 3.63) is 89.5 Å². The fraction of sp³-hybridized carbons (Fsp3) is 0.238. The number of carbonyl (C=O) groups excluding carboxylic acids is 1. The Morgan fingerprint density at radius 2 is 1.92 bits per heavy atom. The van der Waals surface area contributed by atoms with Crippen LogP contribution < -0.4 is 10.6 Å². The Morgan fingerprint density at radius 3 is 2.81 bits per heavy atom. The quantitative estimate of drug-likeness (QED) is 0.744. The maximum atomic E-state index is 12.3. The third kappa shape index (κ3) is 3.61. The summed E-state index contributed by atoms with van der Waals surface area (Å²) in [4.78, 5) is 16.7. The first-order valence-electron chi connectivity index (χ1n) is 8.96. The Morgan fingerprint density at radius 1 is 1.12 bits per heavy atom. The van der Waals surface area contributed by atoms with Gasteiger partial charge in [-0.05, 0) is 29.5 Å². The number of benzene rings is 2. The van der Waals surface area contributed by atoms with Gasteiger partial charge < -0.3 is 15.2 Å². The number of carbonyl (C=O) groups is 1. The van der Waals surface area contributed by atoms with Gasteiger partial charge in [-0.2, -0.15) is 0 Å². The van der Waals surface area contributed by atoms with Gasteiger partial charge in [0.2, 0.25) is 0 Å². The van der Waals surface area contributed by atoms with Gasteiger partial charge in [-0.3, -0.25) is 0 Å². The van der Waals surface area contributed by atoms with Gasteiger partial charge in [0.25, 0.3) is 0 Å². The molecule has 3 aromatic rings. The third-order valence-electron chi connectivity index (χ3n) is 4.84. The molecule has 5 heteroatoms. The number of aryl methyl sites for hydroxylation is 1. The van der Waals surface area contributed by atoms with Gasteiger partial charge in [0, 0.05) is 18.9 Å². The molecule has 1 aromatic heterocycles. The molecule has 2 aromatic carbocycles. The molecule has 0 spiro atoms. The van der Waals surface area contributed by atoms with Crippen molar-refractivity contribution in [1.82, 2.24) is 20.2 Å². The number of hydrogen-bond donors (Lipinski definition) is 2. The second kappa shape index (κ2) is 7.44. The summed E-state index contributed by atoms with van der Waals surface area (Å²) in [6.45, 7) is 1.15. The molecule has 5 nitrogen and oxygen atoms in total. The minimum Gasteiger partial charge on any atom is -0.331 e. The van der Waals surface area contributed by atoms with Crippen LogP contribution in [0.3, 0.4) is 0 Å². The molecule has 2 N–H and O–H groups in total. The zero-order valence-corrected chi connectivity index (χ0v) is 14.6. The monoisotopic (exact) mass is 346 g/mol. The number of amides is 2. The van der Waals surface area contributed by atoms with Gasteiger partial charge >= 0.3 is 6.03 Å². The lowest BCUT2D eigenvalue weighted by Gasteiger charge is -2.15. The van der Waals surface area contributed by atoms with Gasteiger partial charge in [-0.25, -0.2) is 9.78 Å². The van der Waals surface area contributed by atoms with E-state index in [9.17, 15) is 4.79 Å². The molecule has 1 aliphatic rings. The molecule has 1 aliphatic carbocycles. The molecule has 0 radical (unpaired) electrons. The van der Waals surface area contributed by atoms with Gasteiger partial charge in [0.1, 0.15) is 5.82 Å². The van der Waals surface area contributed by atoms with E-state index in [4.69, 9.17) is 0 Å². The highest BCUT2D eigenvalue weighted by atomic mass is 16.2. The molecule has 26 heavy (non-hydrogen) atoms. The number of urea groups is 1. The summed E-state index contributed by atoms with van der Waals surface area (Å²) in [6.07, 6.45) is 5.68. The number of nitrogens with one attached hydrogen (secondary N) is 2. The summed E-state index contributed by atoms with van der Waals surface area (Å²) >= 11 is 0. The number of aromatic nitrogens is 2. The van der Waals surface area contributed by atoms with E-state index in [1.165, 1.54) is 16.7 Å². The van der Waals surface area contributed by atoms with Gasteiger partial charge in [-0.1, -0.05) is 54.6 Å². The van der Waals surface area contributed by atoms with Crippen molar-refractivity contribution in [3.63, 3.8) is 0 Å². The lowest BCUT2D eigenvalue weighted by Crippen LogP contribution is -2.37. The molecule has 1 heterocycles. The van der Waals surface area contributed by atoms with Crippen LogP contribution in [-0.2, 0) is 19.5 Å². The van der Waals surface area contributed by atoms with Gasteiger partial charge in [0.15, 0.2) is 0 Å². The highest BCUT2D eigenvalue weighted by molar-refractivity contribution is 5.74. The molecule has 132 valence electrons. The Hall–Kier alpha value is -3.08. The van der Waals surface area contributed by atoms with Crippen molar-refractivity contribution < 1.29 is 4.79 Å². The van der Waals surface area contributed by atoms with Crippen LogP contribution in [0.4, 0.5) is 4.79 Å². The highest BCUT2D eigenvalue weighted by Gasteiger charge is 2.23. The zero-order valence-electron chi connectivity index (χ0n) is 14.6. The molecule has 2 amide bonds. The van der Waals surface area contributed by atoms with Crippen LogP contribution in [0.25, 0.3) is 0 Å². The van der Waals surface area contributed by atoms with Crippen LogP contribution in [0.15, 0.2) is 67.0 Å². The fourth-order valence-corrected chi connectivity index (χ4v) is 3.51. The highest BCUT2D eigenvalue weighted by Crippen LogP contribution is 2.30. The molecule has 0 unspecified atom stereocenters. The normalized spacial score (nSPS) is 15.5. The molecule has 0 saturated carbocycles. The van der Waals surface area contributed by atoms with E-state index >= 15 is 0 Å². The first kappa shape index (κ1) is 16.4. The minimum absolute atomic E-state index is 0.0928. The summed E-state index contributed by atoms with van der Waals surface area (Å²) in [5.41, 5.74) is 3.77. The van der Waals surface area contributed by atoms with Crippen molar-refractivity contribution in [1.29, 1.82) is 0 Å². The predicted octanol–water partition coefficient (Wildman–Crippen LogP) is 3.42. The number of rotatable bonds is 5. The topological polar surface area (TPSA) is 59.0 Å². The van der Waals surface area contributed by atoms with Crippen LogP contribution in [0.1, 0.15) is 35.0 Å². The maximum Gasteiger partial charge on any atom is 0.315 e. The van der Waals surface area contributed by atoms with Crippen molar-refractivity contribution in [2.75, 3.05) is 0 Å². The summed E-state index contributed by atoms with van der Waals surface area (Å²) in [6, 6.07) is 18.5. The van der Waals surface area contributed by atoms with Gasteiger partial charge in [-0.15, -0.1) is 0 Å². The summed E-state index contributed by atoms with van der Waals surface area (Å²) in [5.74, 6) is 0.843. The van der Waals surface area contributed by atoms with Crippen LogP contribution >= 0.6 is 0 Å². The molecular weight excluding hydrogens is 324 g/mol. The average Bonchev–Trinajstić information content (AvgIpc) is 3.28. The second-order valence-electron chi connectivity index (χ2n) is 6.57. The molecule has 0 aliphatic heterocycles. The van der Waals surface area contributed by atoms with Crippen LogP contribution in [-0.4, -0.2) is 15.6 Å². The molecule has 1 atom stereocenters. The number of fused-ring (bicyclic) bond motifs is 1. The largest absolute Gasteiger partial charge is 0.331 e. The summed E-state index contributed by atoms with van der Waals surface area (Å²) in [5, 5.41) is 6.02. The van der Waals surface area contributed by atoms with Crippen LogP contribution in [0.5, 0.6) is 0 Å². The Labute approximate surface area is 153 Å². The molecular formula is C21H22N4O. The number of nitrogens with zero attached hydrogens (tertiary/aromatic N) is 2. The number of hydrogen-bond acceptors (Lipinski definition) is 2. The Balaban J connectivity index is 1.34. The molecule has 0 saturated heterocycles. The summed E-state index contributed by atoms with van der Waals surface area (Å²) < 4.78 is 2.06. The lowest BCUT2D eigenvalue weighted by atomic mass is 10.1. The molecule has 0 bridgehead atoms. The molecule has 4 rings (SSSR count). The van der Waals surface area contributed by atoms with E-state index in [-0.39, 0.29) is 12.1 Å².